The lowest BCUT2D eigenvalue weighted by Gasteiger charge is -2.31. The molecule has 1 aromatic rings. The number of amides is 1. The van der Waals surface area contributed by atoms with Gasteiger partial charge in [0.1, 0.15) is 5.82 Å². The van der Waals surface area contributed by atoms with Crippen molar-refractivity contribution < 1.29 is 9.18 Å². The van der Waals surface area contributed by atoms with Gasteiger partial charge < -0.3 is 10.6 Å². The van der Waals surface area contributed by atoms with Crippen molar-refractivity contribution in [2.45, 2.75) is 44.7 Å². The van der Waals surface area contributed by atoms with Gasteiger partial charge >= 0.3 is 0 Å². The molecular weight excluding hydrogens is 279 g/mol. The number of carbonyl (C=O) groups excluding carboxylic acids is 1. The second-order valence-electron chi connectivity index (χ2n) is 5.28. The molecule has 0 aromatic heterocycles. The summed E-state index contributed by atoms with van der Waals surface area (Å²) in [7, 11) is 0. The number of benzene rings is 1. The van der Waals surface area contributed by atoms with Crippen LogP contribution < -0.4 is 10.6 Å². The minimum atomic E-state index is -0.329. The molecule has 1 aromatic carbocycles. The molecule has 20 heavy (non-hydrogen) atoms. The summed E-state index contributed by atoms with van der Waals surface area (Å²) in [5.74, 6) is -0.666. The van der Waals surface area contributed by atoms with Crippen LogP contribution in [-0.2, 0) is 4.79 Å². The predicted octanol–water partition coefficient (Wildman–Crippen LogP) is 2.61. The largest absolute Gasteiger partial charge is 0.351 e. The molecule has 1 aliphatic heterocycles. The first-order chi connectivity index (χ1) is 9.08. The average Bonchev–Trinajstić information content (AvgIpc) is 2.40. The number of carbonyl (C=O) groups is 1. The highest BCUT2D eigenvalue weighted by Crippen LogP contribution is 2.17. The Morgan fingerprint density at radius 3 is 2.90 bits per heavy atom. The first-order valence-corrected chi connectivity index (χ1v) is 6.87. The molecule has 2 rings (SSSR count). The Kier molecular flexibility index (Phi) is 6.43. The summed E-state index contributed by atoms with van der Waals surface area (Å²) in [4.78, 5) is 12.2. The van der Waals surface area contributed by atoms with Crippen molar-refractivity contribution in [3.8, 4) is 0 Å². The average molecular weight is 301 g/mol. The van der Waals surface area contributed by atoms with Crippen LogP contribution in [0.5, 0.6) is 0 Å². The molecule has 1 saturated heterocycles. The van der Waals surface area contributed by atoms with Crippen LogP contribution in [-0.4, -0.2) is 24.5 Å². The lowest BCUT2D eigenvalue weighted by Crippen LogP contribution is -2.52. The van der Waals surface area contributed by atoms with Crippen LogP contribution >= 0.6 is 12.4 Å². The number of hydrogen-bond acceptors (Lipinski definition) is 2. The number of nitrogens with one attached hydrogen (secondary N) is 2. The first-order valence-electron chi connectivity index (χ1n) is 6.87. The van der Waals surface area contributed by atoms with Crippen LogP contribution in [0.1, 0.15) is 38.2 Å². The third-order valence-electron chi connectivity index (χ3n) is 3.83. The van der Waals surface area contributed by atoms with Gasteiger partial charge in [-0.25, -0.2) is 4.39 Å². The van der Waals surface area contributed by atoms with E-state index in [-0.39, 0.29) is 42.1 Å². The standard InChI is InChI=1S/C15H21FN2O.ClH/c1-10(12-5-3-6-13(16)9-12)15(19)18-14-7-4-8-17-11(14)2;/h3,5-6,9-11,14,17H,4,7-8H2,1-2H3,(H,18,19);1H. The molecule has 3 unspecified atom stereocenters. The molecule has 112 valence electrons. The zero-order chi connectivity index (χ0) is 13.8. The Hall–Kier alpha value is -1.13. The number of hydrogen-bond donors (Lipinski definition) is 2. The van der Waals surface area contributed by atoms with Gasteiger partial charge in [0.15, 0.2) is 0 Å². The number of halogens is 2. The van der Waals surface area contributed by atoms with Gasteiger partial charge in [-0.1, -0.05) is 12.1 Å². The van der Waals surface area contributed by atoms with Crippen molar-refractivity contribution in [3.63, 3.8) is 0 Å². The van der Waals surface area contributed by atoms with Gasteiger partial charge in [0.05, 0.1) is 5.92 Å². The Bertz CT molecular complexity index is 455. The van der Waals surface area contributed by atoms with E-state index < -0.39 is 0 Å². The van der Waals surface area contributed by atoms with Crippen LogP contribution in [0.15, 0.2) is 24.3 Å². The molecule has 0 saturated carbocycles. The lowest BCUT2D eigenvalue weighted by molar-refractivity contribution is -0.123. The fourth-order valence-electron chi connectivity index (χ4n) is 2.48. The van der Waals surface area contributed by atoms with Gasteiger partial charge in [0.2, 0.25) is 5.91 Å². The number of piperidine rings is 1. The highest BCUT2D eigenvalue weighted by atomic mass is 35.5. The summed E-state index contributed by atoms with van der Waals surface area (Å²) >= 11 is 0. The van der Waals surface area contributed by atoms with Crippen molar-refractivity contribution >= 4 is 18.3 Å². The van der Waals surface area contributed by atoms with Crippen LogP contribution in [0.25, 0.3) is 0 Å². The molecule has 1 fully saturated rings. The molecule has 2 N–H and O–H groups in total. The third-order valence-corrected chi connectivity index (χ3v) is 3.83. The summed E-state index contributed by atoms with van der Waals surface area (Å²) in [5.41, 5.74) is 0.717. The second kappa shape index (κ2) is 7.60. The maximum absolute atomic E-state index is 13.2. The SMILES string of the molecule is CC(C(=O)NC1CCCNC1C)c1cccc(F)c1.Cl. The third kappa shape index (κ3) is 4.18. The monoisotopic (exact) mass is 300 g/mol. The van der Waals surface area contributed by atoms with Crippen molar-refractivity contribution in [1.82, 2.24) is 10.6 Å². The molecule has 1 amide bonds. The van der Waals surface area contributed by atoms with E-state index in [1.54, 1.807) is 12.1 Å². The van der Waals surface area contributed by atoms with E-state index in [9.17, 15) is 9.18 Å². The maximum Gasteiger partial charge on any atom is 0.227 e. The Morgan fingerprint density at radius 2 is 2.25 bits per heavy atom. The highest BCUT2D eigenvalue weighted by molar-refractivity contribution is 5.85. The van der Waals surface area contributed by atoms with Gasteiger partial charge in [0, 0.05) is 12.1 Å². The molecule has 3 nitrogen and oxygen atoms in total. The Balaban J connectivity index is 0.00000200. The van der Waals surface area contributed by atoms with Gasteiger partial charge in [0.25, 0.3) is 0 Å². The van der Waals surface area contributed by atoms with Crippen LogP contribution in [0.4, 0.5) is 4.39 Å². The second-order valence-corrected chi connectivity index (χ2v) is 5.28. The van der Waals surface area contributed by atoms with Crippen LogP contribution in [0, 0.1) is 5.82 Å². The fraction of sp³-hybridized carbons (Fsp3) is 0.533. The molecule has 5 heteroatoms. The first kappa shape index (κ1) is 16.9. The van der Waals surface area contributed by atoms with Crippen LogP contribution in [0.3, 0.4) is 0 Å². The van der Waals surface area contributed by atoms with E-state index in [1.165, 1.54) is 12.1 Å². The predicted molar refractivity (Wildman–Crippen MR) is 80.7 cm³/mol. The quantitative estimate of drug-likeness (QED) is 0.901. The summed E-state index contributed by atoms with van der Waals surface area (Å²) in [5, 5.41) is 6.41. The zero-order valence-electron chi connectivity index (χ0n) is 11.9. The highest BCUT2D eigenvalue weighted by Gasteiger charge is 2.25. The van der Waals surface area contributed by atoms with E-state index in [4.69, 9.17) is 0 Å². The van der Waals surface area contributed by atoms with Crippen molar-refractivity contribution in [2.24, 2.45) is 0 Å². The number of rotatable bonds is 3. The molecular formula is C15H22ClFN2O. The molecule has 0 aliphatic carbocycles. The molecule has 0 spiro atoms. The molecule has 0 radical (unpaired) electrons. The van der Waals surface area contributed by atoms with Crippen LogP contribution in [0.2, 0.25) is 0 Å². The van der Waals surface area contributed by atoms with Gasteiger partial charge in [-0.05, 0) is 50.9 Å². The van der Waals surface area contributed by atoms with E-state index in [0.29, 0.717) is 5.56 Å². The Labute approximate surface area is 125 Å². The van der Waals surface area contributed by atoms with Crippen molar-refractivity contribution in [3.05, 3.63) is 35.6 Å². The summed E-state index contributed by atoms with van der Waals surface area (Å²) in [6.07, 6.45) is 2.07. The smallest absolute Gasteiger partial charge is 0.227 e. The Morgan fingerprint density at radius 1 is 1.50 bits per heavy atom. The minimum Gasteiger partial charge on any atom is -0.351 e. The molecule has 1 heterocycles. The van der Waals surface area contributed by atoms with E-state index in [2.05, 4.69) is 17.6 Å². The molecule has 1 aliphatic rings. The van der Waals surface area contributed by atoms with Gasteiger partial charge in [-0.3, -0.25) is 4.79 Å². The molecule has 3 atom stereocenters. The van der Waals surface area contributed by atoms with Crippen molar-refractivity contribution in [2.75, 3.05) is 6.54 Å². The fourth-order valence-corrected chi connectivity index (χ4v) is 2.48. The summed E-state index contributed by atoms with van der Waals surface area (Å²) < 4.78 is 13.2. The summed E-state index contributed by atoms with van der Waals surface area (Å²) in [6, 6.07) is 6.69. The zero-order valence-corrected chi connectivity index (χ0v) is 12.7. The normalized spacial score (nSPS) is 23.6. The van der Waals surface area contributed by atoms with Gasteiger partial charge in [-0.2, -0.15) is 0 Å². The van der Waals surface area contributed by atoms with E-state index >= 15 is 0 Å². The lowest BCUT2D eigenvalue weighted by atomic mass is 9.96. The van der Waals surface area contributed by atoms with Crippen molar-refractivity contribution in [1.29, 1.82) is 0 Å². The topological polar surface area (TPSA) is 41.1 Å². The van der Waals surface area contributed by atoms with Gasteiger partial charge in [-0.15, -0.1) is 12.4 Å². The summed E-state index contributed by atoms with van der Waals surface area (Å²) in [6.45, 7) is 4.90. The maximum atomic E-state index is 13.2. The molecule has 0 bridgehead atoms. The minimum absolute atomic E-state index is 0. The van der Waals surface area contributed by atoms with E-state index in [1.807, 2.05) is 6.92 Å². The van der Waals surface area contributed by atoms with E-state index in [0.717, 1.165) is 19.4 Å².